The summed E-state index contributed by atoms with van der Waals surface area (Å²) in [6.07, 6.45) is -2.71. The Hall–Kier alpha value is -0.910. The zero-order valence-electron chi connectivity index (χ0n) is 13.9. The standard InChI is InChI=1S/C15H10ClF3N2O3S2.Na/c1-25-14-20-6-9(10(13(23)24)11(22)15(17,18)19)12(21-14)26-8-4-2-7(16)3-5-8;/h2-6,22H,1H3,(H,23,24);/q;+1/p-1. The smallest absolute Gasteiger partial charge is 0.545 e. The van der Waals surface area contributed by atoms with Crippen molar-refractivity contribution in [1.29, 1.82) is 0 Å². The third kappa shape index (κ3) is 6.30. The minimum atomic E-state index is -5.27. The Kier molecular flexibility index (Phi) is 8.97. The number of nitrogens with zero attached hydrogens (tertiary/aromatic N) is 2. The molecule has 27 heavy (non-hydrogen) atoms. The molecule has 1 aromatic heterocycles. The molecule has 0 aliphatic rings. The number of aromatic nitrogens is 2. The van der Waals surface area contributed by atoms with Gasteiger partial charge < -0.3 is 15.0 Å². The van der Waals surface area contributed by atoms with E-state index in [9.17, 15) is 28.2 Å². The van der Waals surface area contributed by atoms with Crippen LogP contribution in [0, 0.1) is 0 Å². The summed E-state index contributed by atoms with van der Waals surface area (Å²) < 4.78 is 38.5. The number of alkyl halides is 3. The van der Waals surface area contributed by atoms with Crippen molar-refractivity contribution in [2.45, 2.75) is 21.3 Å². The number of rotatable bonds is 5. The summed E-state index contributed by atoms with van der Waals surface area (Å²) in [6.45, 7) is 0. The molecule has 0 aliphatic carbocycles. The number of carbonyl (C=O) groups is 1. The molecule has 0 bridgehead atoms. The Morgan fingerprint density at radius 3 is 2.33 bits per heavy atom. The van der Waals surface area contributed by atoms with E-state index in [2.05, 4.69) is 9.97 Å². The average molecular weight is 445 g/mol. The number of thioether (sulfide) groups is 1. The first-order chi connectivity index (χ1) is 12.1. The van der Waals surface area contributed by atoms with Gasteiger partial charge in [-0.05, 0) is 30.5 Å². The van der Waals surface area contributed by atoms with Crippen LogP contribution in [-0.4, -0.2) is 33.5 Å². The Bertz CT molecular complexity index is 864. The first kappa shape index (κ1) is 24.1. The van der Waals surface area contributed by atoms with E-state index in [-0.39, 0.29) is 39.7 Å². The van der Waals surface area contributed by atoms with Gasteiger partial charge in [0.05, 0.1) is 11.5 Å². The molecule has 0 aliphatic heterocycles. The van der Waals surface area contributed by atoms with Crippen molar-refractivity contribution in [1.82, 2.24) is 9.97 Å². The normalized spacial score (nSPS) is 12.2. The third-order valence-corrected chi connectivity index (χ3v) is 4.75. The summed E-state index contributed by atoms with van der Waals surface area (Å²) in [5.74, 6) is -4.48. The van der Waals surface area contributed by atoms with Gasteiger partial charge in [0, 0.05) is 21.7 Å². The Balaban J connectivity index is 0.00000364. The average Bonchev–Trinajstić information content (AvgIpc) is 2.57. The van der Waals surface area contributed by atoms with Crippen molar-refractivity contribution in [2.75, 3.05) is 6.26 Å². The number of aliphatic carboxylic acids is 1. The van der Waals surface area contributed by atoms with Crippen molar-refractivity contribution >= 4 is 46.7 Å². The van der Waals surface area contributed by atoms with Gasteiger partial charge in [0.1, 0.15) is 5.03 Å². The van der Waals surface area contributed by atoms with E-state index < -0.39 is 29.0 Å². The summed E-state index contributed by atoms with van der Waals surface area (Å²) in [5, 5.41) is 21.2. The fourth-order valence-corrected chi connectivity index (χ4v) is 3.21. The van der Waals surface area contributed by atoms with E-state index >= 15 is 0 Å². The molecule has 0 spiro atoms. The largest absolute Gasteiger partial charge is 1.00 e. The van der Waals surface area contributed by atoms with Gasteiger partial charge in [-0.2, -0.15) is 13.2 Å². The van der Waals surface area contributed by atoms with E-state index in [1.54, 1.807) is 30.5 Å². The molecule has 5 nitrogen and oxygen atoms in total. The molecule has 0 amide bonds. The molecule has 2 aromatic rings. The first-order valence-electron chi connectivity index (χ1n) is 6.70. The van der Waals surface area contributed by atoms with Crippen LogP contribution in [0.1, 0.15) is 5.56 Å². The number of aliphatic hydroxyl groups excluding tert-OH is 1. The summed E-state index contributed by atoms with van der Waals surface area (Å²) in [5.41, 5.74) is -1.93. The van der Waals surface area contributed by atoms with Crippen LogP contribution in [0.4, 0.5) is 13.2 Å². The number of carbonyl (C=O) groups excluding carboxylic acids is 1. The van der Waals surface area contributed by atoms with Crippen LogP contribution in [0.25, 0.3) is 5.57 Å². The number of allylic oxidation sites excluding steroid dienone is 1. The third-order valence-electron chi connectivity index (χ3n) is 2.92. The molecule has 1 heterocycles. The van der Waals surface area contributed by atoms with Crippen molar-refractivity contribution < 1.29 is 57.7 Å². The fraction of sp³-hybridized carbons (Fsp3) is 0.133. The molecular weight excluding hydrogens is 436 g/mol. The Morgan fingerprint density at radius 1 is 1.26 bits per heavy atom. The number of carboxylic acids is 1. The molecule has 138 valence electrons. The first-order valence-corrected chi connectivity index (χ1v) is 9.12. The molecule has 0 atom stereocenters. The SMILES string of the molecule is CSc1ncc(C(C(=O)[O-])=C(O)C(F)(F)F)c(Sc2ccc(Cl)cc2)n1.[Na+]. The summed E-state index contributed by atoms with van der Waals surface area (Å²) in [4.78, 5) is 19.7. The number of hydrogen-bond acceptors (Lipinski definition) is 7. The zero-order valence-corrected chi connectivity index (χ0v) is 18.3. The van der Waals surface area contributed by atoms with Crippen LogP contribution >= 0.6 is 35.1 Å². The second kappa shape index (κ2) is 10.0. The molecule has 1 N–H and O–H groups in total. The molecular formula is C15H9ClF3N2NaO3S2. The number of halogens is 4. The van der Waals surface area contributed by atoms with Crippen molar-refractivity contribution in [3.63, 3.8) is 0 Å². The van der Waals surface area contributed by atoms with Gasteiger partial charge in [0.2, 0.25) is 5.76 Å². The monoisotopic (exact) mass is 444 g/mol. The topological polar surface area (TPSA) is 86.1 Å². The molecule has 1 aromatic carbocycles. The molecule has 2 rings (SSSR count). The van der Waals surface area contributed by atoms with Crippen LogP contribution in [0.15, 0.2) is 51.3 Å². The Labute approximate surface area is 187 Å². The molecule has 12 heteroatoms. The van der Waals surface area contributed by atoms with Gasteiger partial charge in [-0.3, -0.25) is 0 Å². The predicted octanol–water partition coefficient (Wildman–Crippen LogP) is 0.588. The minimum Gasteiger partial charge on any atom is -0.545 e. The van der Waals surface area contributed by atoms with Crippen LogP contribution in [-0.2, 0) is 4.79 Å². The van der Waals surface area contributed by atoms with Crippen molar-refractivity contribution in [2.24, 2.45) is 0 Å². The van der Waals surface area contributed by atoms with Crippen molar-refractivity contribution in [3.8, 4) is 0 Å². The van der Waals surface area contributed by atoms with Gasteiger partial charge in [-0.25, -0.2) is 9.97 Å². The maximum absolute atomic E-state index is 12.8. The summed E-state index contributed by atoms with van der Waals surface area (Å²) >= 11 is 7.81. The van der Waals surface area contributed by atoms with Gasteiger partial charge in [-0.15, -0.1) is 0 Å². The van der Waals surface area contributed by atoms with E-state index in [4.69, 9.17) is 11.6 Å². The Morgan fingerprint density at radius 2 is 1.85 bits per heavy atom. The quantitative estimate of drug-likeness (QED) is 0.180. The minimum absolute atomic E-state index is 0. The number of carboxylic acid groups (broad SMARTS) is 1. The maximum Gasteiger partial charge on any atom is 1.00 e. The predicted molar refractivity (Wildman–Crippen MR) is 90.0 cm³/mol. The summed E-state index contributed by atoms with van der Waals surface area (Å²) in [7, 11) is 0. The second-order valence-corrected chi connectivity index (χ2v) is 6.91. The number of benzene rings is 1. The van der Waals surface area contributed by atoms with E-state index in [1.807, 2.05) is 0 Å². The van der Waals surface area contributed by atoms with Crippen LogP contribution in [0.5, 0.6) is 0 Å². The van der Waals surface area contributed by atoms with E-state index in [0.717, 1.165) is 29.7 Å². The van der Waals surface area contributed by atoms with Gasteiger partial charge in [0.25, 0.3) is 0 Å². The van der Waals surface area contributed by atoms with E-state index in [1.165, 1.54) is 0 Å². The van der Waals surface area contributed by atoms with Gasteiger partial charge in [-0.1, -0.05) is 35.1 Å². The number of hydrogen-bond donors (Lipinski definition) is 1. The second-order valence-electron chi connectivity index (χ2n) is 4.64. The van der Waals surface area contributed by atoms with E-state index in [0.29, 0.717) is 9.92 Å². The molecule has 0 unspecified atom stereocenters. The molecule has 0 radical (unpaired) electrons. The molecule has 0 saturated carbocycles. The number of aliphatic hydroxyl groups is 1. The van der Waals surface area contributed by atoms with Crippen molar-refractivity contribution in [3.05, 3.63) is 46.8 Å². The molecule has 0 fully saturated rings. The van der Waals surface area contributed by atoms with Crippen LogP contribution < -0.4 is 34.7 Å². The van der Waals surface area contributed by atoms with Gasteiger partial charge in [0.15, 0.2) is 5.16 Å². The maximum atomic E-state index is 12.8. The fourth-order valence-electron chi connectivity index (χ4n) is 1.79. The molecule has 0 saturated heterocycles. The summed E-state index contributed by atoms with van der Waals surface area (Å²) in [6, 6.07) is 6.29. The van der Waals surface area contributed by atoms with Crippen LogP contribution in [0.2, 0.25) is 5.02 Å². The van der Waals surface area contributed by atoms with Gasteiger partial charge >= 0.3 is 35.7 Å². The van der Waals surface area contributed by atoms with Crippen LogP contribution in [0.3, 0.4) is 0 Å². The zero-order chi connectivity index (χ0) is 19.5.